The molecule has 0 N–H and O–H groups in total. The molecule has 0 spiro atoms. The number of halogens is 2. The van der Waals surface area contributed by atoms with Gasteiger partial charge in [-0.25, -0.2) is 18.6 Å². The number of aryl methyl sites for hydroxylation is 2. The molecule has 1 aromatic carbocycles. The molecule has 5 heterocycles. The lowest BCUT2D eigenvalue weighted by Gasteiger charge is -2.35. The number of benzene rings is 1. The molecule has 1 fully saturated rings. The monoisotopic (exact) mass is 563 g/mol. The molecule has 1 aliphatic heterocycles. The highest BCUT2D eigenvalue weighted by Gasteiger charge is 2.36. The number of hydrogen-bond acceptors (Lipinski definition) is 8. The first-order valence-corrected chi connectivity index (χ1v) is 13.3. The molecule has 6 rings (SSSR count). The molecule has 1 saturated heterocycles. The van der Waals surface area contributed by atoms with E-state index >= 15 is 0 Å². The lowest BCUT2D eigenvalue weighted by molar-refractivity contribution is -0.120. The van der Waals surface area contributed by atoms with Crippen LogP contribution in [0.4, 0.5) is 14.5 Å². The van der Waals surface area contributed by atoms with Crippen molar-refractivity contribution in [2.24, 2.45) is 0 Å². The lowest BCUT2D eigenvalue weighted by Crippen LogP contribution is -2.38. The van der Waals surface area contributed by atoms with Crippen LogP contribution in [0, 0.1) is 25.5 Å². The second kappa shape index (κ2) is 9.94. The predicted octanol–water partition coefficient (Wildman–Crippen LogP) is 6.05. The van der Waals surface area contributed by atoms with Crippen molar-refractivity contribution in [3.8, 4) is 21.7 Å². The van der Waals surface area contributed by atoms with Crippen molar-refractivity contribution < 1.29 is 27.6 Å². The van der Waals surface area contributed by atoms with E-state index in [2.05, 4.69) is 9.53 Å². The topological polar surface area (TPSA) is 103 Å². The molecule has 1 unspecified atom stereocenters. The number of aromatic nitrogens is 4. The number of amides is 1. The van der Waals surface area contributed by atoms with E-state index in [4.69, 9.17) is 14.2 Å². The number of piperidine rings is 1. The molecule has 0 bridgehead atoms. The number of carbonyl (C=O) groups excluding carboxylic acids is 2. The van der Waals surface area contributed by atoms with Gasteiger partial charge in [-0.1, -0.05) is 5.16 Å². The minimum Gasteiger partial charge on any atom is -0.464 e. The summed E-state index contributed by atoms with van der Waals surface area (Å²) in [5.41, 5.74) is 4.61. The van der Waals surface area contributed by atoms with E-state index in [9.17, 15) is 18.4 Å². The van der Waals surface area contributed by atoms with Crippen LogP contribution in [0.25, 0.3) is 27.3 Å². The van der Waals surface area contributed by atoms with Crippen LogP contribution in [-0.4, -0.2) is 37.9 Å². The van der Waals surface area contributed by atoms with Gasteiger partial charge in [0.15, 0.2) is 17.3 Å². The van der Waals surface area contributed by atoms with E-state index < -0.39 is 23.6 Å². The van der Waals surface area contributed by atoms with E-state index in [1.807, 2.05) is 36.6 Å². The number of esters is 1. The fourth-order valence-electron chi connectivity index (χ4n) is 5.27. The van der Waals surface area contributed by atoms with Gasteiger partial charge in [-0.3, -0.25) is 9.20 Å². The third kappa shape index (κ3) is 4.24. The first-order valence-electron chi connectivity index (χ1n) is 12.5. The molecule has 204 valence electrons. The van der Waals surface area contributed by atoms with E-state index in [1.165, 1.54) is 18.1 Å². The maximum absolute atomic E-state index is 14.3. The molecule has 12 heteroatoms. The molecule has 1 aliphatic rings. The van der Waals surface area contributed by atoms with Gasteiger partial charge in [0.25, 0.3) is 0 Å². The number of nitrogens with zero attached hydrogens (tertiary/aromatic N) is 5. The third-order valence-corrected chi connectivity index (χ3v) is 7.85. The van der Waals surface area contributed by atoms with Gasteiger partial charge in [0, 0.05) is 29.9 Å². The Morgan fingerprint density at radius 2 is 1.98 bits per heavy atom. The molecular weight excluding hydrogens is 540 g/mol. The maximum Gasteiger partial charge on any atom is 0.357 e. The summed E-state index contributed by atoms with van der Waals surface area (Å²) in [6.07, 6.45) is 3.26. The van der Waals surface area contributed by atoms with Gasteiger partial charge in [0.2, 0.25) is 5.91 Å². The molecule has 0 aliphatic carbocycles. The number of hydrogen-bond donors (Lipinski definition) is 0. The van der Waals surface area contributed by atoms with Crippen LogP contribution in [0.2, 0.25) is 0 Å². The van der Waals surface area contributed by atoms with Crippen LogP contribution in [0.3, 0.4) is 0 Å². The molecule has 0 radical (unpaired) electrons. The summed E-state index contributed by atoms with van der Waals surface area (Å²) in [5, 5.41) is 4.05. The van der Waals surface area contributed by atoms with Crippen molar-refractivity contribution in [2.45, 2.75) is 39.2 Å². The first kappa shape index (κ1) is 25.8. The third-order valence-electron chi connectivity index (χ3n) is 7.06. The Kier molecular flexibility index (Phi) is 6.41. The van der Waals surface area contributed by atoms with E-state index in [0.717, 1.165) is 40.5 Å². The molecule has 0 saturated carbocycles. The molecular formula is C28H23F2N5O4S. The Labute approximate surface area is 231 Å². The number of pyridine rings is 1. The Hall–Kier alpha value is -4.45. The van der Waals surface area contributed by atoms with Crippen LogP contribution < -0.4 is 4.90 Å². The van der Waals surface area contributed by atoms with Gasteiger partial charge in [-0.15, -0.1) is 0 Å². The van der Waals surface area contributed by atoms with Crippen LogP contribution in [0.1, 0.15) is 52.9 Å². The molecule has 1 amide bonds. The zero-order chi connectivity index (χ0) is 28.1. The van der Waals surface area contributed by atoms with Crippen LogP contribution in [0.5, 0.6) is 0 Å². The summed E-state index contributed by atoms with van der Waals surface area (Å²) >= 11 is 1.10. The highest BCUT2D eigenvalue weighted by atomic mass is 32.1. The van der Waals surface area contributed by atoms with Gasteiger partial charge in [0.05, 0.1) is 35.1 Å². The second-order valence-corrected chi connectivity index (χ2v) is 10.3. The Morgan fingerprint density at radius 1 is 1.15 bits per heavy atom. The number of ether oxygens (including phenoxy) is 1. The molecule has 5 aromatic rings. The van der Waals surface area contributed by atoms with Crippen molar-refractivity contribution in [1.29, 1.82) is 0 Å². The van der Waals surface area contributed by atoms with Gasteiger partial charge >= 0.3 is 5.97 Å². The highest BCUT2D eigenvalue weighted by Crippen LogP contribution is 2.42. The second-order valence-electron chi connectivity index (χ2n) is 9.53. The zero-order valence-corrected chi connectivity index (χ0v) is 22.6. The van der Waals surface area contributed by atoms with Gasteiger partial charge in [-0.05, 0) is 74.1 Å². The lowest BCUT2D eigenvalue weighted by atomic mass is 9.96. The average molecular weight is 564 g/mol. The summed E-state index contributed by atoms with van der Waals surface area (Å²) in [6, 6.07) is 8.28. The minimum absolute atomic E-state index is 0.146. The van der Waals surface area contributed by atoms with Crippen molar-refractivity contribution in [2.75, 3.05) is 12.0 Å². The summed E-state index contributed by atoms with van der Waals surface area (Å²) in [4.78, 5) is 32.5. The smallest absolute Gasteiger partial charge is 0.357 e. The van der Waals surface area contributed by atoms with Crippen molar-refractivity contribution >= 4 is 34.7 Å². The van der Waals surface area contributed by atoms with Crippen molar-refractivity contribution in [3.63, 3.8) is 0 Å². The maximum atomic E-state index is 14.3. The number of rotatable bonds is 5. The summed E-state index contributed by atoms with van der Waals surface area (Å²) < 4.78 is 44.4. The van der Waals surface area contributed by atoms with E-state index in [-0.39, 0.29) is 23.7 Å². The molecule has 9 nitrogen and oxygen atoms in total. The summed E-state index contributed by atoms with van der Waals surface area (Å²) in [6.45, 7) is 3.69. The van der Waals surface area contributed by atoms with Gasteiger partial charge in [-0.2, -0.15) is 4.37 Å². The number of methoxy groups -OCH3 is 1. The van der Waals surface area contributed by atoms with Gasteiger partial charge in [0.1, 0.15) is 11.4 Å². The zero-order valence-electron chi connectivity index (χ0n) is 21.8. The van der Waals surface area contributed by atoms with Crippen LogP contribution >= 0.6 is 11.5 Å². The van der Waals surface area contributed by atoms with Crippen molar-refractivity contribution in [1.82, 2.24) is 18.9 Å². The highest BCUT2D eigenvalue weighted by molar-refractivity contribution is 7.09. The minimum atomic E-state index is -1.04. The largest absolute Gasteiger partial charge is 0.464 e. The van der Waals surface area contributed by atoms with Crippen LogP contribution in [-0.2, 0) is 9.53 Å². The molecule has 1 atom stereocenters. The number of carbonyl (C=O) groups is 2. The SMILES string of the molecule is COC(=O)c1cc(-c2c(C3CCCC(=O)N3c3ccc(F)c(F)c3)nc3cc(-c4c(C)noc4C)ccn23)sn1. The standard InChI is InChI=1S/C28H23F2N5O4S/c1-14-25(15(2)39-32-14)16-9-10-34-23(11-16)31-26(27(34)22-13-20(33-40-22)28(37)38-3)21-5-4-6-24(36)35(21)17-7-8-18(29)19(30)12-17/h7-13,21H,4-6H2,1-3H3. The molecule has 4 aromatic heterocycles. The Bertz CT molecular complexity index is 1770. The predicted molar refractivity (Wildman–Crippen MR) is 143 cm³/mol. The van der Waals surface area contributed by atoms with Crippen LogP contribution in [0.15, 0.2) is 47.1 Å². The average Bonchev–Trinajstić information content (AvgIpc) is 3.66. The number of fused-ring (bicyclic) bond motifs is 1. The molecule has 40 heavy (non-hydrogen) atoms. The van der Waals surface area contributed by atoms with Gasteiger partial charge < -0.3 is 14.2 Å². The van der Waals surface area contributed by atoms with E-state index in [1.54, 1.807) is 6.07 Å². The quantitative estimate of drug-likeness (QED) is 0.240. The van der Waals surface area contributed by atoms with E-state index in [0.29, 0.717) is 40.5 Å². The Morgan fingerprint density at radius 3 is 2.70 bits per heavy atom. The first-order chi connectivity index (χ1) is 19.3. The Balaban J connectivity index is 1.56. The fraction of sp³-hybridized carbons (Fsp3) is 0.250. The summed E-state index contributed by atoms with van der Waals surface area (Å²) in [5.74, 6) is -2.17. The summed E-state index contributed by atoms with van der Waals surface area (Å²) in [7, 11) is 1.28. The van der Waals surface area contributed by atoms with Crippen molar-refractivity contribution in [3.05, 3.63) is 77.1 Å². The fourth-order valence-corrected chi connectivity index (χ4v) is 6.04. The normalized spacial score (nSPS) is 15.7. The number of anilines is 1. The number of imidazole rings is 1.